The van der Waals surface area contributed by atoms with Crippen LogP contribution >= 0.6 is 22.9 Å². The molecular formula is C13H13ClN2OS. The summed E-state index contributed by atoms with van der Waals surface area (Å²) < 4.78 is 6.64. The Morgan fingerprint density at radius 2 is 2.33 bits per heavy atom. The van der Waals surface area contributed by atoms with Crippen LogP contribution in [0.15, 0.2) is 24.4 Å². The third-order valence-corrected chi connectivity index (χ3v) is 4.28. The maximum absolute atomic E-state index is 6.21. The molecule has 1 aliphatic rings. The Labute approximate surface area is 115 Å². The van der Waals surface area contributed by atoms with Crippen molar-refractivity contribution in [1.82, 2.24) is 4.98 Å². The maximum Gasteiger partial charge on any atom is 0.152 e. The lowest BCUT2D eigenvalue weighted by Crippen LogP contribution is -2.24. The van der Waals surface area contributed by atoms with Crippen LogP contribution in [0, 0.1) is 6.92 Å². The van der Waals surface area contributed by atoms with Gasteiger partial charge < -0.3 is 10.5 Å². The first-order valence-corrected chi connectivity index (χ1v) is 6.97. The SMILES string of the molecule is Cc1ccc2c(c1)C(N)CC(c1ncc(Cl)s1)O2. The van der Waals surface area contributed by atoms with Gasteiger partial charge in [-0.05, 0) is 13.0 Å². The van der Waals surface area contributed by atoms with E-state index in [1.165, 1.54) is 16.9 Å². The smallest absolute Gasteiger partial charge is 0.152 e. The molecule has 2 heterocycles. The van der Waals surface area contributed by atoms with Gasteiger partial charge >= 0.3 is 0 Å². The predicted octanol–water partition coefficient (Wildman–Crippen LogP) is 3.63. The van der Waals surface area contributed by atoms with Gasteiger partial charge in [0, 0.05) is 18.0 Å². The van der Waals surface area contributed by atoms with Crippen molar-refractivity contribution in [3.8, 4) is 5.75 Å². The van der Waals surface area contributed by atoms with E-state index in [4.69, 9.17) is 22.1 Å². The number of thiazole rings is 1. The maximum atomic E-state index is 6.21. The number of ether oxygens (including phenoxy) is 1. The molecular weight excluding hydrogens is 268 g/mol. The molecule has 2 aromatic rings. The summed E-state index contributed by atoms with van der Waals surface area (Å²) in [5.74, 6) is 0.857. The van der Waals surface area contributed by atoms with Crippen LogP contribution < -0.4 is 10.5 Å². The zero-order valence-electron chi connectivity index (χ0n) is 9.89. The van der Waals surface area contributed by atoms with Gasteiger partial charge in [0.15, 0.2) is 6.10 Å². The Hall–Kier alpha value is -1.10. The average molecular weight is 281 g/mol. The van der Waals surface area contributed by atoms with Gasteiger partial charge in [-0.1, -0.05) is 29.3 Å². The van der Waals surface area contributed by atoms with Crippen molar-refractivity contribution >= 4 is 22.9 Å². The Kier molecular flexibility index (Phi) is 3.01. The highest BCUT2D eigenvalue weighted by Gasteiger charge is 2.28. The second kappa shape index (κ2) is 4.53. The Morgan fingerprint density at radius 3 is 3.06 bits per heavy atom. The average Bonchev–Trinajstić information content (AvgIpc) is 2.77. The van der Waals surface area contributed by atoms with Gasteiger partial charge in [0.05, 0.1) is 6.20 Å². The van der Waals surface area contributed by atoms with Crippen molar-refractivity contribution in [2.24, 2.45) is 5.73 Å². The number of nitrogens with zero attached hydrogens (tertiary/aromatic N) is 1. The Bertz CT molecular complexity index is 584. The topological polar surface area (TPSA) is 48.1 Å². The second-order valence-corrected chi connectivity index (χ2v) is 6.19. The number of fused-ring (bicyclic) bond motifs is 1. The van der Waals surface area contributed by atoms with Crippen molar-refractivity contribution in [1.29, 1.82) is 0 Å². The van der Waals surface area contributed by atoms with Crippen LogP contribution in [-0.4, -0.2) is 4.98 Å². The van der Waals surface area contributed by atoms with E-state index in [0.717, 1.165) is 22.7 Å². The molecule has 0 spiro atoms. The molecule has 0 saturated heterocycles. The Balaban J connectivity index is 1.94. The van der Waals surface area contributed by atoms with Crippen molar-refractivity contribution in [3.63, 3.8) is 0 Å². The Morgan fingerprint density at radius 1 is 1.50 bits per heavy atom. The van der Waals surface area contributed by atoms with E-state index < -0.39 is 0 Å². The van der Waals surface area contributed by atoms with E-state index >= 15 is 0 Å². The molecule has 0 fully saturated rings. The first-order valence-electron chi connectivity index (χ1n) is 5.77. The summed E-state index contributed by atoms with van der Waals surface area (Å²) >= 11 is 7.35. The monoisotopic (exact) mass is 280 g/mol. The van der Waals surface area contributed by atoms with Gasteiger partial charge in [-0.3, -0.25) is 0 Å². The van der Waals surface area contributed by atoms with E-state index in [1.54, 1.807) is 6.20 Å². The van der Waals surface area contributed by atoms with Crippen molar-refractivity contribution < 1.29 is 4.74 Å². The molecule has 3 nitrogen and oxygen atoms in total. The fourth-order valence-corrected chi connectivity index (χ4v) is 3.16. The van der Waals surface area contributed by atoms with Gasteiger partial charge in [-0.2, -0.15) is 0 Å². The van der Waals surface area contributed by atoms with Crippen LogP contribution in [0.25, 0.3) is 0 Å². The number of aromatic nitrogens is 1. The molecule has 0 amide bonds. The summed E-state index contributed by atoms with van der Waals surface area (Å²) in [4.78, 5) is 4.27. The molecule has 1 aromatic heterocycles. The fraction of sp³-hybridized carbons (Fsp3) is 0.308. The minimum absolute atomic E-state index is 0.0127. The number of aryl methyl sites for hydroxylation is 1. The summed E-state index contributed by atoms with van der Waals surface area (Å²) in [6, 6.07) is 6.08. The highest BCUT2D eigenvalue weighted by Crippen LogP contribution is 2.41. The van der Waals surface area contributed by atoms with E-state index in [1.807, 2.05) is 12.1 Å². The van der Waals surface area contributed by atoms with E-state index in [9.17, 15) is 0 Å². The summed E-state index contributed by atoms with van der Waals surface area (Å²) in [5, 5.41) is 0.890. The normalized spacial score (nSPS) is 22.4. The van der Waals surface area contributed by atoms with Gasteiger partial charge in [-0.25, -0.2) is 4.98 Å². The molecule has 1 aliphatic heterocycles. The fourth-order valence-electron chi connectivity index (χ4n) is 2.19. The third-order valence-electron chi connectivity index (χ3n) is 3.07. The predicted molar refractivity (Wildman–Crippen MR) is 73.2 cm³/mol. The lowest BCUT2D eigenvalue weighted by molar-refractivity contribution is 0.161. The number of nitrogens with two attached hydrogens (primary N) is 1. The second-order valence-electron chi connectivity index (χ2n) is 4.49. The van der Waals surface area contributed by atoms with Crippen molar-refractivity contribution in [2.75, 3.05) is 0 Å². The number of halogens is 1. The number of rotatable bonds is 1. The molecule has 2 unspecified atom stereocenters. The lowest BCUT2D eigenvalue weighted by Gasteiger charge is -2.29. The van der Waals surface area contributed by atoms with E-state index in [2.05, 4.69) is 18.0 Å². The first kappa shape index (κ1) is 12.0. The van der Waals surface area contributed by atoms with Crippen molar-refractivity contribution in [2.45, 2.75) is 25.5 Å². The summed E-state index contributed by atoms with van der Waals surface area (Å²) in [6.45, 7) is 2.06. The number of hydrogen-bond donors (Lipinski definition) is 1. The molecule has 3 rings (SSSR count). The van der Waals surface area contributed by atoms with Crippen LogP contribution in [-0.2, 0) is 0 Å². The molecule has 0 saturated carbocycles. The number of hydrogen-bond acceptors (Lipinski definition) is 4. The molecule has 18 heavy (non-hydrogen) atoms. The quantitative estimate of drug-likeness (QED) is 0.868. The zero-order chi connectivity index (χ0) is 12.7. The minimum atomic E-state index is -0.0901. The van der Waals surface area contributed by atoms with Gasteiger partial charge in [0.1, 0.15) is 15.1 Å². The molecule has 2 atom stereocenters. The van der Waals surface area contributed by atoms with Crippen molar-refractivity contribution in [3.05, 3.63) is 44.9 Å². The third kappa shape index (κ3) is 2.11. The van der Waals surface area contributed by atoms with Crippen LogP contribution in [0.3, 0.4) is 0 Å². The number of benzene rings is 1. The van der Waals surface area contributed by atoms with Gasteiger partial charge in [0.25, 0.3) is 0 Å². The highest BCUT2D eigenvalue weighted by atomic mass is 35.5. The lowest BCUT2D eigenvalue weighted by atomic mass is 9.96. The molecule has 0 bridgehead atoms. The molecule has 94 valence electrons. The first-order chi connectivity index (χ1) is 8.63. The van der Waals surface area contributed by atoms with E-state index in [-0.39, 0.29) is 12.1 Å². The summed E-state index contributed by atoms with van der Waals surface area (Å²) in [6.07, 6.45) is 2.30. The largest absolute Gasteiger partial charge is 0.483 e. The standard InChI is InChI=1S/C13H13ClN2OS/c1-7-2-3-10-8(4-7)9(15)5-11(17-10)13-16-6-12(14)18-13/h2-4,6,9,11H,5,15H2,1H3. The summed E-state index contributed by atoms with van der Waals surface area (Å²) in [5.41, 5.74) is 8.49. The molecule has 0 radical (unpaired) electrons. The van der Waals surface area contributed by atoms with Crippen LogP contribution in [0.5, 0.6) is 5.75 Å². The van der Waals surface area contributed by atoms with Crippen LogP contribution in [0.2, 0.25) is 4.34 Å². The molecule has 5 heteroatoms. The van der Waals surface area contributed by atoms with Crippen LogP contribution in [0.4, 0.5) is 0 Å². The van der Waals surface area contributed by atoms with Gasteiger partial charge in [0.2, 0.25) is 0 Å². The molecule has 2 N–H and O–H groups in total. The van der Waals surface area contributed by atoms with Crippen LogP contribution in [0.1, 0.15) is 34.7 Å². The van der Waals surface area contributed by atoms with E-state index in [0.29, 0.717) is 4.34 Å². The van der Waals surface area contributed by atoms with Gasteiger partial charge in [-0.15, -0.1) is 11.3 Å². The molecule has 1 aromatic carbocycles. The zero-order valence-corrected chi connectivity index (χ0v) is 11.5. The summed E-state index contributed by atoms with van der Waals surface area (Å²) in [7, 11) is 0. The molecule has 0 aliphatic carbocycles. The highest BCUT2D eigenvalue weighted by molar-refractivity contribution is 7.15. The minimum Gasteiger partial charge on any atom is -0.483 e.